The van der Waals surface area contributed by atoms with Crippen LogP contribution in [0.5, 0.6) is 11.5 Å². The average molecular weight is 234 g/mol. The number of aromatic nitrogens is 3. The fraction of sp³-hybridized carbons (Fsp3) is 0.100. The van der Waals surface area contributed by atoms with Crippen LogP contribution in [0.2, 0.25) is 0 Å². The lowest BCUT2D eigenvalue weighted by molar-refractivity contribution is 0.403. The van der Waals surface area contributed by atoms with Crippen LogP contribution >= 0.6 is 0 Å². The summed E-state index contributed by atoms with van der Waals surface area (Å²) < 4.78 is 1.09. The second kappa shape index (κ2) is 4.12. The van der Waals surface area contributed by atoms with Gasteiger partial charge in [-0.1, -0.05) is 0 Å². The molecule has 0 fully saturated rings. The molecule has 2 aromatic rings. The number of aromatic hydroxyl groups is 2. The van der Waals surface area contributed by atoms with Crippen LogP contribution in [0.15, 0.2) is 28.1 Å². The molecule has 7 heteroatoms. The van der Waals surface area contributed by atoms with Crippen LogP contribution in [-0.4, -0.2) is 31.3 Å². The van der Waals surface area contributed by atoms with Crippen LogP contribution in [0, 0.1) is 6.92 Å². The van der Waals surface area contributed by atoms with Crippen LogP contribution in [0.4, 0.5) is 0 Å². The number of H-pyrrole nitrogens is 1. The fourth-order valence-electron chi connectivity index (χ4n) is 1.25. The van der Waals surface area contributed by atoms with Gasteiger partial charge in [0.15, 0.2) is 17.3 Å². The van der Waals surface area contributed by atoms with E-state index >= 15 is 0 Å². The van der Waals surface area contributed by atoms with Crippen LogP contribution in [0.25, 0.3) is 0 Å². The van der Waals surface area contributed by atoms with Crippen molar-refractivity contribution in [3.05, 3.63) is 40.1 Å². The van der Waals surface area contributed by atoms with Crippen molar-refractivity contribution in [2.75, 3.05) is 0 Å². The first-order valence-corrected chi connectivity index (χ1v) is 4.78. The van der Waals surface area contributed by atoms with Gasteiger partial charge in [-0.2, -0.15) is 14.9 Å². The Morgan fingerprint density at radius 2 is 2.18 bits per heavy atom. The van der Waals surface area contributed by atoms with Gasteiger partial charge in [0.05, 0.1) is 6.21 Å². The number of phenolic OH excluding ortho intramolecular Hbond substituents is 2. The van der Waals surface area contributed by atoms with E-state index in [-0.39, 0.29) is 11.5 Å². The summed E-state index contributed by atoms with van der Waals surface area (Å²) in [5.74, 6) is -0.0294. The monoisotopic (exact) mass is 234 g/mol. The molecule has 0 saturated heterocycles. The number of phenols is 2. The second-order valence-electron chi connectivity index (χ2n) is 3.38. The SMILES string of the molecule is Cc1n[nH]c(=O)n1/N=C/c1ccc(O)c(O)c1. The number of benzene rings is 1. The first kappa shape index (κ1) is 10.9. The molecular weight excluding hydrogens is 224 g/mol. The number of hydrogen-bond acceptors (Lipinski definition) is 5. The van der Waals surface area contributed by atoms with Crippen molar-refractivity contribution in [1.29, 1.82) is 0 Å². The van der Waals surface area contributed by atoms with Gasteiger partial charge >= 0.3 is 5.69 Å². The quantitative estimate of drug-likeness (QED) is 0.509. The Bertz CT molecular complexity index is 627. The lowest BCUT2D eigenvalue weighted by Crippen LogP contribution is -2.13. The first-order chi connectivity index (χ1) is 8.08. The summed E-state index contributed by atoms with van der Waals surface area (Å²) in [5.41, 5.74) is 0.106. The molecule has 1 aromatic carbocycles. The third kappa shape index (κ3) is 2.17. The maximum absolute atomic E-state index is 11.2. The molecule has 88 valence electrons. The van der Waals surface area contributed by atoms with Crippen molar-refractivity contribution in [1.82, 2.24) is 14.9 Å². The summed E-state index contributed by atoms with van der Waals surface area (Å²) >= 11 is 0. The lowest BCUT2D eigenvalue weighted by atomic mass is 10.2. The first-order valence-electron chi connectivity index (χ1n) is 4.78. The standard InChI is InChI=1S/C10H10N4O3/c1-6-12-13-10(17)14(6)11-5-7-2-3-8(15)9(16)4-7/h2-5,15-16H,1H3,(H,13,17)/b11-5+. The molecule has 3 N–H and O–H groups in total. The number of aromatic amines is 1. The molecular formula is C10H10N4O3. The van der Waals surface area contributed by atoms with E-state index in [4.69, 9.17) is 5.11 Å². The Morgan fingerprint density at radius 1 is 1.41 bits per heavy atom. The Labute approximate surface area is 95.7 Å². The van der Waals surface area contributed by atoms with Gasteiger partial charge in [0, 0.05) is 0 Å². The molecule has 17 heavy (non-hydrogen) atoms. The summed E-state index contributed by atoms with van der Waals surface area (Å²) in [6, 6.07) is 4.22. The third-order valence-electron chi connectivity index (χ3n) is 2.13. The molecule has 0 aliphatic rings. The Morgan fingerprint density at radius 3 is 2.76 bits per heavy atom. The number of hydrogen-bond donors (Lipinski definition) is 3. The van der Waals surface area contributed by atoms with Crippen molar-refractivity contribution in [2.45, 2.75) is 6.92 Å². The number of nitrogens with zero attached hydrogens (tertiary/aromatic N) is 3. The molecule has 0 aliphatic carbocycles. The van der Waals surface area contributed by atoms with E-state index < -0.39 is 5.69 Å². The Kier molecular flexibility index (Phi) is 2.65. The summed E-state index contributed by atoms with van der Waals surface area (Å²) in [7, 11) is 0. The molecule has 0 aliphatic heterocycles. The highest BCUT2D eigenvalue weighted by Crippen LogP contribution is 2.23. The highest BCUT2D eigenvalue weighted by molar-refractivity contribution is 5.80. The number of rotatable bonds is 2. The Hall–Kier alpha value is -2.57. The van der Waals surface area contributed by atoms with Crippen molar-refractivity contribution in [2.24, 2.45) is 5.10 Å². The minimum Gasteiger partial charge on any atom is -0.504 e. The molecule has 1 heterocycles. The summed E-state index contributed by atoms with van der Waals surface area (Å²) in [6.45, 7) is 1.63. The van der Waals surface area contributed by atoms with Crippen molar-refractivity contribution in [3.8, 4) is 11.5 Å². The van der Waals surface area contributed by atoms with E-state index in [1.165, 1.54) is 18.3 Å². The normalized spacial score (nSPS) is 11.1. The Balaban J connectivity index is 2.32. The minimum atomic E-state index is -0.443. The van der Waals surface area contributed by atoms with E-state index in [2.05, 4.69) is 15.3 Å². The predicted octanol–water partition coefficient (Wildman–Crippen LogP) is 0.173. The van der Waals surface area contributed by atoms with E-state index in [1.807, 2.05) is 0 Å². The zero-order valence-corrected chi connectivity index (χ0v) is 8.95. The van der Waals surface area contributed by atoms with E-state index in [0.29, 0.717) is 11.4 Å². The zero-order valence-electron chi connectivity index (χ0n) is 8.95. The van der Waals surface area contributed by atoms with E-state index in [9.17, 15) is 9.90 Å². The maximum atomic E-state index is 11.2. The van der Waals surface area contributed by atoms with Crippen molar-refractivity contribution >= 4 is 6.21 Å². The summed E-state index contributed by atoms with van der Waals surface area (Å²) in [4.78, 5) is 11.2. The van der Waals surface area contributed by atoms with Gasteiger partial charge in [0.2, 0.25) is 0 Å². The van der Waals surface area contributed by atoms with Gasteiger partial charge in [0.25, 0.3) is 0 Å². The fourth-order valence-corrected chi connectivity index (χ4v) is 1.25. The largest absolute Gasteiger partial charge is 0.504 e. The predicted molar refractivity (Wildman–Crippen MR) is 60.3 cm³/mol. The van der Waals surface area contributed by atoms with Gasteiger partial charge in [-0.15, -0.1) is 0 Å². The summed E-state index contributed by atoms with van der Waals surface area (Å²) in [5, 5.41) is 28.2. The van der Waals surface area contributed by atoms with Crippen LogP contribution in [-0.2, 0) is 0 Å². The molecule has 0 radical (unpaired) electrons. The minimum absolute atomic E-state index is 0.209. The molecule has 0 spiro atoms. The molecule has 2 rings (SSSR count). The van der Waals surface area contributed by atoms with Crippen LogP contribution in [0.3, 0.4) is 0 Å². The van der Waals surface area contributed by atoms with Gasteiger partial charge in [-0.05, 0) is 30.7 Å². The van der Waals surface area contributed by atoms with Gasteiger partial charge < -0.3 is 10.2 Å². The second-order valence-corrected chi connectivity index (χ2v) is 3.38. The van der Waals surface area contributed by atoms with Gasteiger partial charge in [-0.3, -0.25) is 0 Å². The molecule has 0 atom stereocenters. The smallest absolute Gasteiger partial charge is 0.364 e. The maximum Gasteiger partial charge on any atom is 0.364 e. The molecule has 0 amide bonds. The van der Waals surface area contributed by atoms with Gasteiger partial charge in [0.1, 0.15) is 0 Å². The third-order valence-corrected chi connectivity index (χ3v) is 2.13. The van der Waals surface area contributed by atoms with Crippen LogP contribution < -0.4 is 5.69 Å². The highest BCUT2D eigenvalue weighted by atomic mass is 16.3. The van der Waals surface area contributed by atoms with E-state index in [0.717, 1.165) is 4.68 Å². The van der Waals surface area contributed by atoms with Crippen LogP contribution in [0.1, 0.15) is 11.4 Å². The molecule has 0 bridgehead atoms. The number of nitrogens with one attached hydrogen (secondary N) is 1. The van der Waals surface area contributed by atoms with E-state index in [1.54, 1.807) is 13.0 Å². The number of aryl methyl sites for hydroxylation is 1. The molecule has 1 aromatic heterocycles. The average Bonchev–Trinajstić information content (AvgIpc) is 2.61. The highest BCUT2D eigenvalue weighted by Gasteiger charge is 2.01. The van der Waals surface area contributed by atoms with Gasteiger partial charge in [-0.25, -0.2) is 9.89 Å². The lowest BCUT2D eigenvalue weighted by Gasteiger charge is -1.98. The van der Waals surface area contributed by atoms with Crippen molar-refractivity contribution < 1.29 is 10.2 Å². The molecule has 0 saturated carbocycles. The van der Waals surface area contributed by atoms with Crippen molar-refractivity contribution in [3.63, 3.8) is 0 Å². The molecule has 7 nitrogen and oxygen atoms in total. The topological polar surface area (TPSA) is 104 Å². The molecule has 0 unspecified atom stereocenters. The summed E-state index contributed by atoms with van der Waals surface area (Å²) in [6.07, 6.45) is 1.38. The zero-order chi connectivity index (χ0) is 12.4.